The maximum atomic E-state index is 14.0. The molecule has 1 amide bonds. The Morgan fingerprint density at radius 2 is 1.52 bits per heavy atom. The highest BCUT2D eigenvalue weighted by atomic mass is 32.2. The number of aromatic nitrogens is 2. The fourth-order valence-corrected chi connectivity index (χ4v) is 6.35. The first-order valence-corrected chi connectivity index (χ1v) is 15.0. The van der Waals surface area contributed by atoms with Gasteiger partial charge >= 0.3 is 5.97 Å². The lowest BCUT2D eigenvalue weighted by atomic mass is 9.69. The molecule has 1 N–H and O–H groups in total. The Hall–Kier alpha value is -3.58. The van der Waals surface area contributed by atoms with Gasteiger partial charge in [0.1, 0.15) is 17.6 Å². The predicted octanol–water partition coefficient (Wildman–Crippen LogP) is 6.37. The summed E-state index contributed by atoms with van der Waals surface area (Å²) < 4.78 is 7.50. The molecule has 0 aliphatic heterocycles. The van der Waals surface area contributed by atoms with E-state index < -0.39 is 11.0 Å². The zero-order valence-electron chi connectivity index (χ0n) is 23.4. The molecule has 0 unspecified atom stereocenters. The van der Waals surface area contributed by atoms with Gasteiger partial charge in [0.2, 0.25) is 5.91 Å². The maximum Gasteiger partial charge on any atom is 0.326 e. The molecule has 5 rings (SSSR count). The van der Waals surface area contributed by atoms with Crippen LogP contribution >= 0.6 is 11.8 Å². The molecule has 1 aliphatic rings. The third-order valence-electron chi connectivity index (χ3n) is 7.17. The van der Waals surface area contributed by atoms with Gasteiger partial charge in [-0.3, -0.25) is 9.59 Å². The molecule has 208 valence electrons. The Morgan fingerprint density at radius 3 is 2.12 bits per heavy atom. The second-order valence-electron chi connectivity index (χ2n) is 11.3. The van der Waals surface area contributed by atoms with E-state index in [1.54, 1.807) is 11.8 Å². The van der Waals surface area contributed by atoms with E-state index in [4.69, 9.17) is 9.72 Å². The van der Waals surface area contributed by atoms with Crippen LogP contribution in [0.5, 0.6) is 0 Å². The number of nitrogens with zero attached hydrogens (tertiary/aromatic N) is 2. The van der Waals surface area contributed by atoms with Crippen molar-refractivity contribution >= 4 is 34.7 Å². The number of para-hydroxylation sites is 2. The summed E-state index contributed by atoms with van der Waals surface area (Å²) >= 11 is 1.60. The SMILES string of the molecule is CC(C)(C)OC(=O)Cn1c(SCCCNC(=O)C(c2ccccc2)(c2ccccc2)C2CC2)nc2ccccc21. The van der Waals surface area contributed by atoms with E-state index in [1.165, 1.54) is 0 Å². The molecule has 1 heterocycles. The standard InChI is InChI=1S/C33H37N3O3S/c1-32(2,3)39-29(37)23-36-28-18-11-10-17-27(28)35-31(36)40-22-12-21-34-30(38)33(26-19-20-26,24-13-6-4-7-14-24)25-15-8-5-9-16-25/h4-11,13-18,26H,12,19-23H2,1-3H3,(H,34,38). The molecule has 1 aliphatic carbocycles. The average Bonchev–Trinajstić information content (AvgIpc) is 3.72. The number of nitrogens with one attached hydrogen (secondary N) is 1. The van der Waals surface area contributed by atoms with Crippen molar-refractivity contribution < 1.29 is 14.3 Å². The molecule has 1 aromatic heterocycles. The van der Waals surface area contributed by atoms with Crippen molar-refractivity contribution in [2.45, 2.75) is 62.8 Å². The van der Waals surface area contributed by atoms with Gasteiger partial charge < -0.3 is 14.6 Å². The number of fused-ring (bicyclic) bond motifs is 1. The lowest BCUT2D eigenvalue weighted by Gasteiger charge is -2.34. The van der Waals surface area contributed by atoms with E-state index in [9.17, 15) is 9.59 Å². The summed E-state index contributed by atoms with van der Waals surface area (Å²) in [6, 6.07) is 28.2. The van der Waals surface area contributed by atoms with E-state index in [0.29, 0.717) is 12.5 Å². The number of esters is 1. The van der Waals surface area contributed by atoms with Crippen molar-refractivity contribution in [3.8, 4) is 0 Å². The monoisotopic (exact) mass is 555 g/mol. The molecule has 4 aromatic rings. The van der Waals surface area contributed by atoms with Crippen LogP contribution < -0.4 is 5.32 Å². The Bertz CT molecular complexity index is 1420. The number of carbonyl (C=O) groups is 2. The number of hydrogen-bond acceptors (Lipinski definition) is 5. The quantitative estimate of drug-likeness (QED) is 0.132. The molecule has 1 fully saturated rings. The van der Waals surface area contributed by atoms with E-state index in [-0.39, 0.29) is 18.4 Å². The van der Waals surface area contributed by atoms with Crippen LogP contribution in [-0.4, -0.2) is 39.3 Å². The van der Waals surface area contributed by atoms with Crippen LogP contribution in [-0.2, 0) is 26.3 Å². The number of ether oxygens (including phenoxy) is 1. The van der Waals surface area contributed by atoms with Gasteiger partial charge in [-0.15, -0.1) is 0 Å². The lowest BCUT2D eigenvalue weighted by Crippen LogP contribution is -2.47. The molecular weight excluding hydrogens is 518 g/mol. The summed E-state index contributed by atoms with van der Waals surface area (Å²) in [4.78, 5) is 31.4. The minimum absolute atomic E-state index is 0.0644. The van der Waals surface area contributed by atoms with Crippen molar-refractivity contribution in [2.24, 2.45) is 5.92 Å². The third-order valence-corrected chi connectivity index (χ3v) is 8.23. The second-order valence-corrected chi connectivity index (χ2v) is 12.4. The molecule has 3 aromatic carbocycles. The van der Waals surface area contributed by atoms with Crippen LogP contribution in [0.25, 0.3) is 11.0 Å². The maximum absolute atomic E-state index is 14.0. The normalized spacial score (nSPS) is 13.8. The van der Waals surface area contributed by atoms with Gasteiger partial charge in [-0.1, -0.05) is 84.6 Å². The lowest BCUT2D eigenvalue weighted by molar-refractivity contribution is -0.155. The van der Waals surface area contributed by atoms with Crippen LogP contribution in [0.4, 0.5) is 0 Å². The number of thioether (sulfide) groups is 1. The van der Waals surface area contributed by atoms with Gasteiger partial charge in [0.05, 0.1) is 11.0 Å². The van der Waals surface area contributed by atoms with Crippen LogP contribution in [0, 0.1) is 5.92 Å². The third kappa shape index (κ3) is 6.09. The molecule has 6 nitrogen and oxygen atoms in total. The Morgan fingerprint density at radius 1 is 0.925 bits per heavy atom. The summed E-state index contributed by atoms with van der Waals surface area (Å²) in [5.74, 6) is 0.822. The number of amides is 1. The van der Waals surface area contributed by atoms with Gasteiger partial charge in [0.15, 0.2) is 5.16 Å². The molecule has 7 heteroatoms. The summed E-state index contributed by atoms with van der Waals surface area (Å²) in [7, 11) is 0. The van der Waals surface area contributed by atoms with Crippen molar-refractivity contribution in [2.75, 3.05) is 12.3 Å². The number of rotatable bonds is 11. The van der Waals surface area contributed by atoms with Crippen molar-refractivity contribution in [1.29, 1.82) is 0 Å². The van der Waals surface area contributed by atoms with Crippen LogP contribution in [0.15, 0.2) is 90.1 Å². The number of benzene rings is 3. The van der Waals surface area contributed by atoms with Crippen LogP contribution in [0.1, 0.15) is 51.2 Å². The first-order chi connectivity index (χ1) is 19.3. The minimum atomic E-state index is -0.683. The molecule has 0 spiro atoms. The van der Waals surface area contributed by atoms with Gasteiger partial charge in [0.25, 0.3) is 0 Å². The molecular formula is C33H37N3O3S. The van der Waals surface area contributed by atoms with E-state index in [1.807, 2.05) is 86.0 Å². The van der Waals surface area contributed by atoms with Crippen molar-refractivity contribution in [3.63, 3.8) is 0 Å². The first-order valence-electron chi connectivity index (χ1n) is 14.0. The molecule has 0 saturated heterocycles. The average molecular weight is 556 g/mol. The Labute approximate surface area is 240 Å². The molecule has 0 radical (unpaired) electrons. The van der Waals surface area contributed by atoms with Crippen molar-refractivity contribution in [3.05, 3.63) is 96.1 Å². The largest absolute Gasteiger partial charge is 0.459 e. The summed E-state index contributed by atoms with van der Waals surface area (Å²) in [6.45, 7) is 6.28. The van der Waals surface area contributed by atoms with E-state index in [0.717, 1.165) is 52.3 Å². The fraction of sp³-hybridized carbons (Fsp3) is 0.364. The van der Waals surface area contributed by atoms with E-state index >= 15 is 0 Å². The second kappa shape index (κ2) is 11.9. The van der Waals surface area contributed by atoms with Gasteiger partial charge in [-0.25, -0.2) is 4.98 Å². The van der Waals surface area contributed by atoms with Gasteiger partial charge in [-0.05, 0) is 69.2 Å². The highest BCUT2D eigenvalue weighted by Gasteiger charge is 2.53. The smallest absolute Gasteiger partial charge is 0.326 e. The highest BCUT2D eigenvalue weighted by Crippen LogP contribution is 2.51. The Kier molecular flexibility index (Phi) is 8.31. The van der Waals surface area contributed by atoms with Crippen LogP contribution in [0.2, 0.25) is 0 Å². The number of imidazole rings is 1. The number of carbonyl (C=O) groups excluding carboxylic acids is 2. The van der Waals surface area contributed by atoms with Crippen LogP contribution in [0.3, 0.4) is 0 Å². The summed E-state index contributed by atoms with van der Waals surface area (Å²) in [5.41, 5.74) is 2.62. The molecule has 0 atom stereocenters. The fourth-order valence-electron chi connectivity index (χ4n) is 5.40. The first kappa shape index (κ1) is 28.0. The number of hydrogen-bond donors (Lipinski definition) is 1. The van der Waals surface area contributed by atoms with Gasteiger partial charge in [0, 0.05) is 12.3 Å². The van der Waals surface area contributed by atoms with Gasteiger partial charge in [-0.2, -0.15) is 0 Å². The summed E-state index contributed by atoms with van der Waals surface area (Å²) in [5, 5.41) is 4.05. The summed E-state index contributed by atoms with van der Waals surface area (Å²) in [6.07, 6.45) is 2.86. The Balaban J connectivity index is 1.26. The zero-order chi connectivity index (χ0) is 28.2. The zero-order valence-corrected chi connectivity index (χ0v) is 24.2. The highest BCUT2D eigenvalue weighted by molar-refractivity contribution is 7.99. The topological polar surface area (TPSA) is 73.2 Å². The molecule has 1 saturated carbocycles. The van der Waals surface area contributed by atoms with Crippen molar-refractivity contribution in [1.82, 2.24) is 14.9 Å². The predicted molar refractivity (Wildman–Crippen MR) is 160 cm³/mol. The minimum Gasteiger partial charge on any atom is -0.459 e. The molecule has 0 bridgehead atoms. The van der Waals surface area contributed by atoms with E-state index in [2.05, 4.69) is 29.6 Å². The molecule has 40 heavy (non-hydrogen) atoms.